The van der Waals surface area contributed by atoms with Gasteiger partial charge < -0.3 is 0 Å². The quantitative estimate of drug-likeness (QED) is 0.662. The van der Waals surface area contributed by atoms with Gasteiger partial charge in [0, 0.05) is 10.9 Å². The number of hydrogen-bond acceptors (Lipinski definition) is 3. The van der Waals surface area contributed by atoms with E-state index in [-0.39, 0.29) is 4.75 Å². The van der Waals surface area contributed by atoms with E-state index in [1.807, 2.05) is 13.0 Å². The van der Waals surface area contributed by atoms with Gasteiger partial charge in [0.1, 0.15) is 6.07 Å². The molecule has 0 saturated heterocycles. The van der Waals surface area contributed by atoms with Gasteiger partial charge in [0.25, 0.3) is 0 Å². The topological polar surface area (TPSA) is 36.7 Å². The average molecular weight is 206 g/mol. The Labute approximate surface area is 89.4 Å². The molecule has 0 fully saturated rings. The average Bonchev–Trinajstić information content (AvgIpc) is 2.06. The molecule has 14 heavy (non-hydrogen) atoms. The monoisotopic (exact) mass is 206 g/mol. The first kappa shape index (κ1) is 11.1. The Kier molecular flexibility index (Phi) is 3.17. The van der Waals surface area contributed by atoms with Gasteiger partial charge in [-0.25, -0.2) is 4.98 Å². The lowest BCUT2D eigenvalue weighted by molar-refractivity contribution is 0.798. The predicted octanol–water partition coefficient (Wildman–Crippen LogP) is 3.15. The number of nitrogens with zero attached hydrogens (tertiary/aromatic N) is 2. The Morgan fingerprint density at radius 2 is 2.07 bits per heavy atom. The lowest BCUT2D eigenvalue weighted by Gasteiger charge is -2.17. The van der Waals surface area contributed by atoms with Gasteiger partial charge in [-0.15, -0.1) is 11.8 Å². The fourth-order valence-electron chi connectivity index (χ4n) is 1.02. The van der Waals surface area contributed by atoms with Crippen molar-refractivity contribution in [2.45, 2.75) is 37.5 Å². The van der Waals surface area contributed by atoms with Crippen molar-refractivity contribution in [2.24, 2.45) is 0 Å². The van der Waals surface area contributed by atoms with Gasteiger partial charge in [-0.1, -0.05) is 20.8 Å². The number of nitriles is 1. The molecule has 0 radical (unpaired) electrons. The van der Waals surface area contributed by atoms with E-state index in [9.17, 15) is 0 Å². The largest absolute Gasteiger partial charge is 0.248 e. The van der Waals surface area contributed by atoms with Crippen LogP contribution in [0.3, 0.4) is 0 Å². The van der Waals surface area contributed by atoms with E-state index in [2.05, 4.69) is 31.8 Å². The van der Waals surface area contributed by atoms with Crippen molar-refractivity contribution in [3.63, 3.8) is 0 Å². The third kappa shape index (κ3) is 3.04. The maximum atomic E-state index is 8.69. The highest BCUT2D eigenvalue weighted by Gasteiger charge is 2.14. The summed E-state index contributed by atoms with van der Waals surface area (Å²) in [5.41, 5.74) is 1.70. The van der Waals surface area contributed by atoms with Crippen LogP contribution in [0.25, 0.3) is 0 Å². The van der Waals surface area contributed by atoms with E-state index in [1.54, 1.807) is 18.0 Å². The van der Waals surface area contributed by atoms with E-state index in [1.165, 1.54) is 0 Å². The second-order valence-electron chi connectivity index (χ2n) is 4.17. The van der Waals surface area contributed by atoms with Gasteiger partial charge in [-0.05, 0) is 18.6 Å². The number of hydrogen-bond donors (Lipinski definition) is 0. The van der Waals surface area contributed by atoms with Crippen LogP contribution in [0.4, 0.5) is 0 Å². The van der Waals surface area contributed by atoms with Crippen molar-refractivity contribution in [3.05, 3.63) is 23.4 Å². The highest BCUT2D eigenvalue weighted by molar-refractivity contribution is 8.00. The minimum Gasteiger partial charge on any atom is -0.248 e. The number of pyridine rings is 1. The Morgan fingerprint density at radius 1 is 1.43 bits per heavy atom. The molecule has 0 aliphatic rings. The number of aryl methyl sites for hydroxylation is 1. The maximum Gasteiger partial charge on any atom is 0.101 e. The van der Waals surface area contributed by atoms with E-state index in [4.69, 9.17) is 5.26 Å². The molecule has 0 aliphatic carbocycles. The molecule has 0 unspecified atom stereocenters. The molecule has 1 heterocycles. The molecule has 0 aromatic carbocycles. The standard InChI is InChI=1S/C11H14N2S/c1-8-5-9(6-12)7-13-10(8)14-11(2,3)4/h5,7H,1-4H3. The first-order valence-corrected chi connectivity index (χ1v) is 5.30. The molecule has 0 bridgehead atoms. The molecule has 2 nitrogen and oxygen atoms in total. The first-order valence-electron chi connectivity index (χ1n) is 4.48. The molecule has 1 rings (SSSR count). The molecular weight excluding hydrogens is 192 g/mol. The zero-order valence-electron chi connectivity index (χ0n) is 8.96. The van der Waals surface area contributed by atoms with Crippen molar-refractivity contribution >= 4 is 11.8 Å². The number of rotatable bonds is 1. The maximum absolute atomic E-state index is 8.69. The van der Waals surface area contributed by atoms with E-state index >= 15 is 0 Å². The molecule has 0 saturated carbocycles. The molecule has 3 heteroatoms. The van der Waals surface area contributed by atoms with Crippen molar-refractivity contribution in [3.8, 4) is 6.07 Å². The summed E-state index contributed by atoms with van der Waals surface area (Å²) in [6, 6.07) is 3.96. The third-order valence-electron chi connectivity index (χ3n) is 1.56. The summed E-state index contributed by atoms with van der Waals surface area (Å²) in [6.07, 6.45) is 1.63. The highest BCUT2D eigenvalue weighted by atomic mass is 32.2. The molecule has 0 atom stereocenters. The van der Waals surface area contributed by atoms with E-state index in [0.717, 1.165) is 10.6 Å². The fraction of sp³-hybridized carbons (Fsp3) is 0.455. The van der Waals surface area contributed by atoms with Crippen molar-refractivity contribution in [1.82, 2.24) is 4.98 Å². The number of thioether (sulfide) groups is 1. The van der Waals surface area contributed by atoms with Gasteiger partial charge in [0.15, 0.2) is 0 Å². The zero-order chi connectivity index (χ0) is 10.8. The van der Waals surface area contributed by atoms with Crippen LogP contribution in [0.2, 0.25) is 0 Å². The fourth-order valence-corrected chi connectivity index (χ4v) is 1.93. The Hall–Kier alpha value is -1.01. The van der Waals surface area contributed by atoms with Gasteiger partial charge in [-0.2, -0.15) is 5.26 Å². The van der Waals surface area contributed by atoms with Crippen LogP contribution in [-0.2, 0) is 0 Å². The highest BCUT2D eigenvalue weighted by Crippen LogP contribution is 2.32. The SMILES string of the molecule is Cc1cc(C#N)cnc1SC(C)(C)C. The summed E-state index contributed by atoms with van der Waals surface area (Å²) < 4.78 is 0.159. The van der Waals surface area contributed by atoms with Gasteiger partial charge in [-0.3, -0.25) is 0 Å². The normalized spacial score (nSPS) is 11.1. The smallest absolute Gasteiger partial charge is 0.101 e. The van der Waals surface area contributed by atoms with E-state index in [0.29, 0.717) is 5.56 Å². The Morgan fingerprint density at radius 3 is 2.50 bits per heavy atom. The van der Waals surface area contributed by atoms with Gasteiger partial charge in [0.05, 0.1) is 10.6 Å². The molecule has 1 aromatic heterocycles. The molecule has 0 spiro atoms. The summed E-state index contributed by atoms with van der Waals surface area (Å²) in [5.74, 6) is 0. The first-order chi connectivity index (χ1) is 6.42. The summed E-state index contributed by atoms with van der Waals surface area (Å²) >= 11 is 1.73. The minimum absolute atomic E-state index is 0.159. The van der Waals surface area contributed by atoms with Crippen LogP contribution in [0.15, 0.2) is 17.3 Å². The number of aromatic nitrogens is 1. The lowest BCUT2D eigenvalue weighted by Crippen LogP contribution is -2.08. The van der Waals surface area contributed by atoms with Gasteiger partial charge >= 0.3 is 0 Å². The van der Waals surface area contributed by atoms with Crippen molar-refractivity contribution in [1.29, 1.82) is 5.26 Å². The lowest BCUT2D eigenvalue weighted by atomic mass is 10.2. The molecule has 74 valence electrons. The molecule has 0 aliphatic heterocycles. The molecule has 0 amide bonds. The van der Waals surface area contributed by atoms with Crippen LogP contribution < -0.4 is 0 Å². The van der Waals surface area contributed by atoms with Crippen LogP contribution >= 0.6 is 11.8 Å². The van der Waals surface area contributed by atoms with E-state index < -0.39 is 0 Å². The van der Waals surface area contributed by atoms with Crippen LogP contribution in [-0.4, -0.2) is 9.73 Å². The summed E-state index contributed by atoms with van der Waals surface area (Å²) in [4.78, 5) is 4.27. The Bertz CT molecular complexity index is 372. The molecule has 1 aromatic rings. The van der Waals surface area contributed by atoms with Crippen LogP contribution in [0.1, 0.15) is 31.9 Å². The molecule has 0 N–H and O–H groups in total. The van der Waals surface area contributed by atoms with Crippen LogP contribution in [0, 0.1) is 18.3 Å². The van der Waals surface area contributed by atoms with Crippen molar-refractivity contribution in [2.75, 3.05) is 0 Å². The zero-order valence-corrected chi connectivity index (χ0v) is 9.77. The summed E-state index contributed by atoms with van der Waals surface area (Å²) in [6.45, 7) is 8.44. The van der Waals surface area contributed by atoms with Crippen LogP contribution in [0.5, 0.6) is 0 Å². The second-order valence-corrected chi connectivity index (χ2v) is 5.99. The minimum atomic E-state index is 0.159. The predicted molar refractivity (Wildman–Crippen MR) is 59.3 cm³/mol. The summed E-state index contributed by atoms with van der Waals surface area (Å²) in [5, 5.41) is 9.70. The summed E-state index contributed by atoms with van der Waals surface area (Å²) in [7, 11) is 0. The third-order valence-corrected chi connectivity index (χ3v) is 2.80. The van der Waals surface area contributed by atoms with Gasteiger partial charge in [0.2, 0.25) is 0 Å². The Balaban J connectivity index is 2.97. The second kappa shape index (κ2) is 4.02. The van der Waals surface area contributed by atoms with Crippen molar-refractivity contribution < 1.29 is 0 Å². The molecular formula is C11H14N2S.